The quantitative estimate of drug-likeness (QED) is 0.802. The monoisotopic (exact) mass is 256 g/mol. The fourth-order valence-electron chi connectivity index (χ4n) is 1.18. The molecule has 1 heterocycles. The zero-order valence-electron chi connectivity index (χ0n) is 9.69. The fraction of sp³-hybridized carbons (Fsp3) is 0.455. The number of hydrogen-bond donors (Lipinski definition) is 2. The average molecular weight is 256 g/mol. The summed E-state index contributed by atoms with van der Waals surface area (Å²) in [5.74, 6) is -0.213. The molecule has 0 saturated heterocycles. The van der Waals surface area contributed by atoms with Gasteiger partial charge in [0.25, 0.3) is 0 Å². The van der Waals surface area contributed by atoms with E-state index in [1.54, 1.807) is 18.3 Å². The Kier molecular flexibility index (Phi) is 6.09. The van der Waals surface area contributed by atoms with Gasteiger partial charge in [-0.1, -0.05) is 6.07 Å². The zero-order valence-corrected chi connectivity index (χ0v) is 10.5. The molecule has 6 heteroatoms. The van der Waals surface area contributed by atoms with Crippen molar-refractivity contribution < 1.29 is 14.3 Å². The normalized spacial score (nSPS) is 9.71. The van der Waals surface area contributed by atoms with Crippen LogP contribution < -0.4 is 10.6 Å². The molecule has 2 amide bonds. The van der Waals surface area contributed by atoms with Gasteiger partial charge in [-0.2, -0.15) is 0 Å². The standard InChI is InChI=1S/C11H16N2O3S/c1-2-16-11(15)13-8-10(14)12-6-5-9-4-3-7-17-9/h3-4,7H,2,5-6,8H2,1H3,(H,12,14)(H,13,15). The number of carbonyl (C=O) groups excluding carboxylic acids is 2. The van der Waals surface area contributed by atoms with E-state index in [1.165, 1.54) is 4.88 Å². The summed E-state index contributed by atoms with van der Waals surface area (Å²) in [6.07, 6.45) is 0.240. The molecule has 0 unspecified atom stereocenters. The SMILES string of the molecule is CCOC(=O)NCC(=O)NCCc1cccs1. The van der Waals surface area contributed by atoms with Gasteiger partial charge in [0.2, 0.25) is 5.91 Å². The van der Waals surface area contributed by atoms with Crippen LogP contribution in [-0.2, 0) is 16.0 Å². The van der Waals surface area contributed by atoms with E-state index in [1.807, 2.05) is 17.5 Å². The lowest BCUT2D eigenvalue weighted by molar-refractivity contribution is -0.120. The first-order valence-corrected chi connectivity index (χ1v) is 6.30. The number of amides is 2. The summed E-state index contributed by atoms with van der Waals surface area (Å²) >= 11 is 1.66. The van der Waals surface area contributed by atoms with Gasteiger partial charge in [0, 0.05) is 11.4 Å². The Morgan fingerprint density at radius 2 is 2.24 bits per heavy atom. The molecule has 1 rings (SSSR count). The number of nitrogens with one attached hydrogen (secondary N) is 2. The molecular weight excluding hydrogens is 240 g/mol. The van der Waals surface area contributed by atoms with Crippen LogP contribution in [0.1, 0.15) is 11.8 Å². The van der Waals surface area contributed by atoms with Crippen LogP contribution in [0.2, 0.25) is 0 Å². The molecular formula is C11H16N2O3S. The smallest absolute Gasteiger partial charge is 0.407 e. The van der Waals surface area contributed by atoms with E-state index in [9.17, 15) is 9.59 Å². The van der Waals surface area contributed by atoms with Gasteiger partial charge >= 0.3 is 6.09 Å². The van der Waals surface area contributed by atoms with Crippen molar-refractivity contribution in [3.8, 4) is 0 Å². The van der Waals surface area contributed by atoms with Crippen LogP contribution in [0.4, 0.5) is 4.79 Å². The molecule has 0 aliphatic heterocycles. The maximum atomic E-state index is 11.3. The minimum absolute atomic E-state index is 0.0523. The molecule has 0 aliphatic carbocycles. The van der Waals surface area contributed by atoms with Crippen LogP contribution in [0.15, 0.2) is 17.5 Å². The third-order valence-electron chi connectivity index (χ3n) is 1.94. The maximum Gasteiger partial charge on any atom is 0.407 e. The van der Waals surface area contributed by atoms with Gasteiger partial charge in [0.15, 0.2) is 0 Å². The minimum atomic E-state index is -0.569. The minimum Gasteiger partial charge on any atom is -0.450 e. The molecule has 94 valence electrons. The summed E-state index contributed by atoms with van der Waals surface area (Å²) in [6.45, 7) is 2.53. The highest BCUT2D eigenvalue weighted by molar-refractivity contribution is 7.09. The molecule has 1 aromatic rings. The van der Waals surface area contributed by atoms with Crippen LogP contribution in [0, 0.1) is 0 Å². The zero-order chi connectivity index (χ0) is 12.5. The summed E-state index contributed by atoms with van der Waals surface area (Å²) in [5.41, 5.74) is 0. The molecule has 1 aromatic heterocycles. The predicted molar refractivity (Wildman–Crippen MR) is 66.1 cm³/mol. The van der Waals surface area contributed by atoms with Gasteiger partial charge in [-0.3, -0.25) is 4.79 Å². The molecule has 17 heavy (non-hydrogen) atoms. The third kappa shape index (κ3) is 5.91. The summed E-state index contributed by atoms with van der Waals surface area (Å²) in [4.78, 5) is 23.4. The Labute approximate surface area is 104 Å². The van der Waals surface area contributed by atoms with Crippen molar-refractivity contribution >= 4 is 23.3 Å². The van der Waals surface area contributed by atoms with Gasteiger partial charge in [-0.15, -0.1) is 11.3 Å². The molecule has 0 aromatic carbocycles. The van der Waals surface area contributed by atoms with Crippen molar-refractivity contribution in [2.45, 2.75) is 13.3 Å². The Hall–Kier alpha value is -1.56. The lowest BCUT2D eigenvalue weighted by Gasteiger charge is -2.06. The second kappa shape index (κ2) is 7.67. The topological polar surface area (TPSA) is 67.4 Å². The number of ether oxygens (including phenoxy) is 1. The first kappa shape index (κ1) is 13.5. The number of carbonyl (C=O) groups is 2. The third-order valence-corrected chi connectivity index (χ3v) is 2.88. The second-order valence-electron chi connectivity index (χ2n) is 3.25. The van der Waals surface area contributed by atoms with Crippen molar-refractivity contribution in [3.63, 3.8) is 0 Å². The van der Waals surface area contributed by atoms with E-state index in [2.05, 4.69) is 15.4 Å². The van der Waals surface area contributed by atoms with Gasteiger partial charge in [0.1, 0.15) is 0 Å². The molecule has 0 aliphatic rings. The Morgan fingerprint density at radius 1 is 1.41 bits per heavy atom. The van der Waals surface area contributed by atoms with Gasteiger partial charge in [-0.25, -0.2) is 4.79 Å². The molecule has 5 nitrogen and oxygen atoms in total. The van der Waals surface area contributed by atoms with Crippen LogP contribution in [0.5, 0.6) is 0 Å². The maximum absolute atomic E-state index is 11.3. The van der Waals surface area contributed by atoms with E-state index in [4.69, 9.17) is 0 Å². The van der Waals surface area contributed by atoms with E-state index in [0.29, 0.717) is 13.2 Å². The van der Waals surface area contributed by atoms with Crippen LogP contribution in [0.3, 0.4) is 0 Å². The van der Waals surface area contributed by atoms with Gasteiger partial charge in [0.05, 0.1) is 13.2 Å². The van der Waals surface area contributed by atoms with E-state index in [-0.39, 0.29) is 12.5 Å². The summed E-state index contributed by atoms with van der Waals surface area (Å²) in [6, 6.07) is 4.00. The van der Waals surface area contributed by atoms with Crippen LogP contribution in [-0.4, -0.2) is 31.7 Å². The van der Waals surface area contributed by atoms with Gasteiger partial charge < -0.3 is 15.4 Å². The summed E-state index contributed by atoms with van der Waals surface area (Å²) in [5, 5.41) is 7.07. The van der Waals surface area contributed by atoms with Crippen LogP contribution >= 0.6 is 11.3 Å². The first-order chi connectivity index (χ1) is 8.22. The van der Waals surface area contributed by atoms with Crippen molar-refractivity contribution in [1.82, 2.24) is 10.6 Å². The lowest BCUT2D eigenvalue weighted by Crippen LogP contribution is -2.37. The molecule has 0 atom stereocenters. The van der Waals surface area contributed by atoms with Crippen molar-refractivity contribution in [2.24, 2.45) is 0 Å². The largest absolute Gasteiger partial charge is 0.450 e. The number of thiophene rings is 1. The average Bonchev–Trinajstić information content (AvgIpc) is 2.80. The van der Waals surface area contributed by atoms with E-state index >= 15 is 0 Å². The number of hydrogen-bond acceptors (Lipinski definition) is 4. The van der Waals surface area contributed by atoms with Gasteiger partial charge in [-0.05, 0) is 24.8 Å². The highest BCUT2D eigenvalue weighted by Crippen LogP contribution is 2.07. The second-order valence-corrected chi connectivity index (χ2v) is 4.29. The number of alkyl carbamates (subject to hydrolysis) is 1. The Balaban J connectivity index is 2.07. The van der Waals surface area contributed by atoms with Crippen molar-refractivity contribution in [3.05, 3.63) is 22.4 Å². The number of rotatable bonds is 6. The molecule has 2 N–H and O–H groups in total. The summed E-state index contributed by atoms with van der Waals surface area (Å²) < 4.78 is 4.63. The molecule has 0 fully saturated rings. The first-order valence-electron chi connectivity index (χ1n) is 5.42. The highest BCUT2D eigenvalue weighted by atomic mass is 32.1. The lowest BCUT2D eigenvalue weighted by atomic mass is 10.3. The fourth-order valence-corrected chi connectivity index (χ4v) is 1.89. The molecule has 0 spiro atoms. The van der Waals surface area contributed by atoms with Crippen molar-refractivity contribution in [2.75, 3.05) is 19.7 Å². The summed E-state index contributed by atoms with van der Waals surface area (Å²) in [7, 11) is 0. The molecule has 0 saturated carbocycles. The highest BCUT2D eigenvalue weighted by Gasteiger charge is 2.04. The van der Waals surface area contributed by atoms with E-state index in [0.717, 1.165) is 6.42 Å². The van der Waals surface area contributed by atoms with Crippen LogP contribution in [0.25, 0.3) is 0 Å². The van der Waals surface area contributed by atoms with E-state index < -0.39 is 6.09 Å². The van der Waals surface area contributed by atoms with Crippen molar-refractivity contribution in [1.29, 1.82) is 0 Å². The Morgan fingerprint density at radius 3 is 2.88 bits per heavy atom. The molecule has 0 bridgehead atoms. The Bertz CT molecular complexity index is 352. The predicted octanol–water partition coefficient (Wildman–Crippen LogP) is 1.15. The molecule has 0 radical (unpaired) electrons.